The van der Waals surface area contributed by atoms with Crippen LogP contribution in [0.1, 0.15) is 44.9 Å². The maximum Gasteiger partial charge on any atom is 0.245 e. The van der Waals surface area contributed by atoms with Gasteiger partial charge in [-0.2, -0.15) is 11.8 Å². The highest BCUT2D eigenvalue weighted by atomic mass is 32.2. The van der Waals surface area contributed by atoms with E-state index < -0.39 is 0 Å². The molecule has 0 aromatic rings. The van der Waals surface area contributed by atoms with Crippen molar-refractivity contribution < 1.29 is 9.59 Å². The first-order valence-corrected chi connectivity index (χ1v) is 9.55. The smallest absolute Gasteiger partial charge is 0.245 e. The van der Waals surface area contributed by atoms with E-state index in [1.54, 1.807) is 0 Å². The Morgan fingerprint density at radius 2 is 1.76 bits per heavy atom. The molecule has 1 unspecified atom stereocenters. The number of nitrogens with zero attached hydrogens (tertiary/aromatic N) is 1. The predicted molar refractivity (Wildman–Crippen MR) is 85.1 cm³/mol. The monoisotopic (exact) mass is 310 g/mol. The van der Waals surface area contributed by atoms with Crippen LogP contribution in [0.2, 0.25) is 0 Å². The van der Waals surface area contributed by atoms with Gasteiger partial charge in [0.15, 0.2) is 0 Å². The summed E-state index contributed by atoms with van der Waals surface area (Å²) in [5.74, 6) is 3.57. The quantitative estimate of drug-likeness (QED) is 0.868. The zero-order valence-electron chi connectivity index (χ0n) is 12.7. The first-order chi connectivity index (χ1) is 10.2. The van der Waals surface area contributed by atoms with E-state index in [1.807, 2.05) is 16.7 Å². The Kier molecular flexibility index (Phi) is 5.09. The summed E-state index contributed by atoms with van der Waals surface area (Å²) in [5, 5.41) is 2.97. The average Bonchev–Trinajstić information content (AvgIpc) is 2.52. The van der Waals surface area contributed by atoms with Crippen molar-refractivity contribution in [2.24, 2.45) is 11.8 Å². The van der Waals surface area contributed by atoms with Crippen molar-refractivity contribution in [1.82, 2.24) is 10.2 Å². The van der Waals surface area contributed by atoms with E-state index in [0.29, 0.717) is 11.8 Å². The van der Waals surface area contributed by atoms with Gasteiger partial charge in [-0.25, -0.2) is 0 Å². The number of amides is 2. The summed E-state index contributed by atoms with van der Waals surface area (Å²) in [5.41, 5.74) is 0. The van der Waals surface area contributed by atoms with E-state index in [0.717, 1.165) is 19.4 Å². The molecular formula is C16H26N2O2S. The Bertz CT molecular complexity index is 390. The fraction of sp³-hybridized carbons (Fsp3) is 0.875. The Balaban J connectivity index is 1.63. The molecule has 1 atom stereocenters. The number of hydrogen-bond donors (Lipinski definition) is 1. The minimum Gasteiger partial charge on any atom is -0.342 e. The molecule has 5 heteroatoms. The highest BCUT2D eigenvalue weighted by Crippen LogP contribution is 2.29. The number of hydrogen-bond acceptors (Lipinski definition) is 3. The van der Waals surface area contributed by atoms with Crippen molar-refractivity contribution in [3.8, 4) is 0 Å². The summed E-state index contributed by atoms with van der Waals surface area (Å²) in [7, 11) is 0. The lowest BCUT2D eigenvalue weighted by atomic mass is 9.82. The fourth-order valence-electron chi connectivity index (χ4n) is 3.91. The van der Waals surface area contributed by atoms with Gasteiger partial charge in [-0.05, 0) is 49.0 Å². The van der Waals surface area contributed by atoms with Gasteiger partial charge in [0, 0.05) is 6.54 Å². The summed E-state index contributed by atoms with van der Waals surface area (Å²) >= 11 is 2.00. The average molecular weight is 310 g/mol. The second kappa shape index (κ2) is 7.03. The van der Waals surface area contributed by atoms with Gasteiger partial charge in [0.2, 0.25) is 11.8 Å². The third-order valence-corrected chi connectivity index (χ3v) is 6.22. The molecule has 2 aliphatic heterocycles. The molecule has 2 heterocycles. The van der Waals surface area contributed by atoms with Crippen LogP contribution in [0.3, 0.4) is 0 Å². The molecule has 3 aliphatic rings. The van der Waals surface area contributed by atoms with E-state index >= 15 is 0 Å². The lowest BCUT2D eigenvalue weighted by Crippen LogP contribution is -2.61. The summed E-state index contributed by atoms with van der Waals surface area (Å²) in [6, 6.07) is -0.246. The second-order valence-electron chi connectivity index (χ2n) is 6.72. The highest BCUT2D eigenvalue weighted by Gasteiger charge is 2.38. The van der Waals surface area contributed by atoms with Gasteiger partial charge in [-0.3, -0.25) is 9.59 Å². The molecule has 3 fully saturated rings. The zero-order valence-corrected chi connectivity index (χ0v) is 13.5. The van der Waals surface area contributed by atoms with Crippen LogP contribution < -0.4 is 5.32 Å². The summed E-state index contributed by atoms with van der Waals surface area (Å²) in [4.78, 5) is 26.6. The molecule has 0 radical (unpaired) electrons. The van der Waals surface area contributed by atoms with Crippen molar-refractivity contribution >= 4 is 23.6 Å². The minimum absolute atomic E-state index is 0.0374. The maximum absolute atomic E-state index is 12.8. The van der Waals surface area contributed by atoms with Crippen molar-refractivity contribution in [2.75, 3.05) is 24.6 Å². The van der Waals surface area contributed by atoms with Crippen LogP contribution in [-0.2, 0) is 9.59 Å². The standard InChI is InChI=1S/C16H26N2O2S/c19-14-11-18(10-12-6-8-21-9-7-12)16(20)15(17-14)13-4-2-1-3-5-13/h12-13,15H,1-11H2,(H,17,19). The van der Waals surface area contributed by atoms with Crippen LogP contribution >= 0.6 is 11.8 Å². The normalized spacial score (nSPS) is 29.5. The lowest BCUT2D eigenvalue weighted by Gasteiger charge is -2.39. The first-order valence-electron chi connectivity index (χ1n) is 8.40. The largest absolute Gasteiger partial charge is 0.342 e. The Labute approximate surface area is 131 Å². The summed E-state index contributed by atoms with van der Waals surface area (Å²) in [6.07, 6.45) is 8.21. The molecule has 1 N–H and O–H groups in total. The second-order valence-corrected chi connectivity index (χ2v) is 7.94. The minimum atomic E-state index is -0.246. The van der Waals surface area contributed by atoms with Crippen LogP contribution in [0.15, 0.2) is 0 Å². The molecule has 1 aliphatic carbocycles. The molecule has 0 aromatic heterocycles. The topological polar surface area (TPSA) is 49.4 Å². The molecule has 4 nitrogen and oxygen atoms in total. The third kappa shape index (κ3) is 3.74. The SMILES string of the molecule is O=C1CN(CC2CCSCC2)C(=O)C(C2CCCCC2)N1. The Hall–Kier alpha value is -0.710. The van der Waals surface area contributed by atoms with E-state index in [4.69, 9.17) is 0 Å². The molecular weight excluding hydrogens is 284 g/mol. The van der Waals surface area contributed by atoms with E-state index in [9.17, 15) is 9.59 Å². The van der Waals surface area contributed by atoms with Gasteiger partial charge in [-0.15, -0.1) is 0 Å². The zero-order chi connectivity index (χ0) is 14.7. The van der Waals surface area contributed by atoms with Crippen LogP contribution in [0.25, 0.3) is 0 Å². The van der Waals surface area contributed by atoms with Gasteiger partial charge in [0.1, 0.15) is 6.04 Å². The molecule has 21 heavy (non-hydrogen) atoms. The lowest BCUT2D eigenvalue weighted by molar-refractivity contribution is -0.146. The number of nitrogens with one attached hydrogen (secondary N) is 1. The molecule has 1 saturated carbocycles. The van der Waals surface area contributed by atoms with Crippen LogP contribution in [-0.4, -0.2) is 47.4 Å². The van der Waals surface area contributed by atoms with Gasteiger partial charge < -0.3 is 10.2 Å². The van der Waals surface area contributed by atoms with Gasteiger partial charge in [0.05, 0.1) is 6.54 Å². The van der Waals surface area contributed by atoms with Crippen molar-refractivity contribution in [3.05, 3.63) is 0 Å². The van der Waals surface area contributed by atoms with Gasteiger partial charge in [-0.1, -0.05) is 19.3 Å². The van der Waals surface area contributed by atoms with Crippen LogP contribution in [0.4, 0.5) is 0 Å². The number of thioether (sulfide) groups is 1. The molecule has 118 valence electrons. The van der Waals surface area contributed by atoms with Crippen LogP contribution in [0.5, 0.6) is 0 Å². The Morgan fingerprint density at radius 3 is 2.48 bits per heavy atom. The van der Waals surface area contributed by atoms with E-state index in [2.05, 4.69) is 5.32 Å². The first kappa shape index (κ1) is 15.2. The molecule has 0 aromatic carbocycles. The van der Waals surface area contributed by atoms with Gasteiger partial charge in [0.25, 0.3) is 0 Å². The summed E-state index contributed by atoms with van der Waals surface area (Å²) in [6.45, 7) is 1.06. The van der Waals surface area contributed by atoms with Crippen molar-refractivity contribution in [1.29, 1.82) is 0 Å². The number of piperazine rings is 1. The van der Waals surface area contributed by atoms with Crippen LogP contribution in [0, 0.1) is 11.8 Å². The van der Waals surface area contributed by atoms with E-state index in [1.165, 1.54) is 43.6 Å². The molecule has 0 bridgehead atoms. The number of carbonyl (C=O) groups is 2. The third-order valence-electron chi connectivity index (χ3n) is 5.17. The maximum atomic E-state index is 12.8. The summed E-state index contributed by atoms with van der Waals surface area (Å²) < 4.78 is 0. The highest BCUT2D eigenvalue weighted by molar-refractivity contribution is 7.99. The number of carbonyl (C=O) groups excluding carboxylic acids is 2. The molecule has 2 saturated heterocycles. The predicted octanol–water partition coefficient (Wildman–Crippen LogP) is 2.04. The Morgan fingerprint density at radius 1 is 1.05 bits per heavy atom. The molecule has 2 amide bonds. The van der Waals surface area contributed by atoms with Crippen molar-refractivity contribution in [3.63, 3.8) is 0 Å². The molecule has 0 spiro atoms. The fourth-order valence-corrected chi connectivity index (χ4v) is 5.12. The van der Waals surface area contributed by atoms with E-state index in [-0.39, 0.29) is 24.4 Å². The number of rotatable bonds is 3. The van der Waals surface area contributed by atoms with Crippen molar-refractivity contribution in [2.45, 2.75) is 51.0 Å². The van der Waals surface area contributed by atoms with Gasteiger partial charge >= 0.3 is 0 Å². The molecule has 3 rings (SSSR count).